The van der Waals surface area contributed by atoms with Gasteiger partial charge in [0.25, 0.3) is 0 Å². The maximum atomic E-state index is 12.8. The Morgan fingerprint density at radius 2 is 1.22 bits per heavy atom. The molecule has 0 spiro atoms. The van der Waals surface area contributed by atoms with Gasteiger partial charge in [-0.15, -0.1) is 0 Å². The van der Waals surface area contributed by atoms with Crippen molar-refractivity contribution in [1.29, 1.82) is 0 Å². The summed E-state index contributed by atoms with van der Waals surface area (Å²) in [6.45, 7) is 11.4. The van der Waals surface area contributed by atoms with Crippen LogP contribution in [-0.4, -0.2) is 115 Å². The number of phenolic OH excluding ortho intramolecular Hbond substituents is 1. The fourth-order valence-corrected chi connectivity index (χ4v) is 6.84. The summed E-state index contributed by atoms with van der Waals surface area (Å²) in [7, 11) is 17.8. The Labute approximate surface area is 296 Å². The molecule has 0 aliphatic carbocycles. The smallest absolute Gasteiger partial charge is 0.340 e. The average Bonchev–Trinajstić information content (AvgIpc) is 3.45. The molecule has 2 aromatic carbocycles. The van der Waals surface area contributed by atoms with E-state index in [-0.39, 0.29) is 17.7 Å². The van der Waals surface area contributed by atoms with Crippen LogP contribution >= 0.6 is 0 Å². The highest BCUT2D eigenvalue weighted by atomic mass is 16.5. The Kier molecular flexibility index (Phi) is 12.3. The minimum atomic E-state index is -0.340. The van der Waals surface area contributed by atoms with Crippen molar-refractivity contribution in [2.45, 2.75) is 53.9 Å². The van der Waals surface area contributed by atoms with Crippen molar-refractivity contribution >= 4 is 33.7 Å². The number of esters is 2. The molecule has 50 heavy (non-hydrogen) atoms. The van der Waals surface area contributed by atoms with E-state index >= 15 is 0 Å². The molecule has 5 rings (SSSR count). The van der Waals surface area contributed by atoms with Crippen molar-refractivity contribution in [3.8, 4) is 11.5 Å². The third-order valence-electron chi connectivity index (χ3n) is 8.95. The van der Waals surface area contributed by atoms with Gasteiger partial charge in [0.1, 0.15) is 18.2 Å². The van der Waals surface area contributed by atoms with Gasteiger partial charge in [-0.25, -0.2) is 9.59 Å². The number of nitrogens with zero attached hydrogens (tertiary/aromatic N) is 6. The van der Waals surface area contributed by atoms with E-state index in [9.17, 15) is 14.7 Å². The van der Waals surface area contributed by atoms with E-state index in [0.29, 0.717) is 50.7 Å². The largest absolute Gasteiger partial charge is 0.507 e. The van der Waals surface area contributed by atoms with Gasteiger partial charge in [0.2, 0.25) is 0 Å². The molecule has 0 saturated heterocycles. The van der Waals surface area contributed by atoms with Gasteiger partial charge in [-0.05, 0) is 100 Å². The number of fused-ring (bicyclic) bond motifs is 4. The maximum Gasteiger partial charge on any atom is 0.340 e. The van der Waals surface area contributed by atoms with E-state index in [4.69, 9.17) is 14.2 Å². The standard InChI is InChI=1S/C19H27N3O3.C19H29N3O3/c1-7-24-19(23)17-15(10-20(3)4)22(6)14-8-12(2)18-13(16(14)17)9-21(5)11-25-18;1-8-25-19(24)17-15(11-21(5)6)22(7)14-9-12(2)18(23)13(16(14)17)10-20(3)4/h8H,7,9-11H2,1-6H3;9,23H,8,10-11H2,1-7H3. The van der Waals surface area contributed by atoms with Gasteiger partial charge >= 0.3 is 11.9 Å². The van der Waals surface area contributed by atoms with Crippen LogP contribution in [0.15, 0.2) is 12.1 Å². The SMILES string of the molecule is CCOC(=O)c1c(CN(C)C)n(C)c2cc(C)c(O)c(CN(C)C)c12.CCOC(=O)c1c(CN(C)C)n(C)c2cc(C)c3c(c12)CN(C)CO3. The van der Waals surface area contributed by atoms with E-state index < -0.39 is 0 Å². The molecule has 4 aromatic rings. The van der Waals surface area contributed by atoms with Gasteiger partial charge in [0, 0.05) is 84.6 Å². The minimum Gasteiger partial charge on any atom is -0.507 e. The van der Waals surface area contributed by atoms with Gasteiger partial charge in [0.15, 0.2) is 0 Å². The van der Waals surface area contributed by atoms with E-state index in [1.807, 2.05) is 97.7 Å². The number of carbonyl (C=O) groups excluding carboxylic acids is 2. The first kappa shape index (κ1) is 38.7. The van der Waals surface area contributed by atoms with Gasteiger partial charge in [-0.2, -0.15) is 0 Å². The zero-order valence-electron chi connectivity index (χ0n) is 32.3. The quantitative estimate of drug-likeness (QED) is 0.229. The highest BCUT2D eigenvalue weighted by molar-refractivity contribution is 6.09. The molecule has 0 unspecified atom stereocenters. The number of rotatable bonds is 10. The summed E-state index contributed by atoms with van der Waals surface area (Å²) >= 11 is 0. The first-order valence-corrected chi connectivity index (χ1v) is 17.1. The number of aromatic nitrogens is 2. The van der Waals surface area contributed by atoms with Gasteiger partial charge < -0.3 is 43.2 Å². The number of phenols is 1. The van der Waals surface area contributed by atoms with Crippen LogP contribution in [0.2, 0.25) is 0 Å². The third-order valence-corrected chi connectivity index (χ3v) is 8.95. The third kappa shape index (κ3) is 7.63. The van der Waals surface area contributed by atoms with Gasteiger partial charge in [-0.1, -0.05) is 0 Å². The maximum absolute atomic E-state index is 12.8. The normalized spacial score (nSPS) is 13.2. The molecule has 0 amide bonds. The second kappa shape index (κ2) is 15.8. The molecule has 3 heterocycles. The molecular formula is C38H56N6O6. The second-order valence-corrected chi connectivity index (χ2v) is 14.0. The van der Waals surface area contributed by atoms with Crippen molar-refractivity contribution in [1.82, 2.24) is 28.7 Å². The molecule has 12 heteroatoms. The van der Waals surface area contributed by atoms with E-state index in [2.05, 4.69) is 27.4 Å². The van der Waals surface area contributed by atoms with Crippen molar-refractivity contribution < 1.29 is 28.9 Å². The molecule has 12 nitrogen and oxygen atoms in total. The van der Waals surface area contributed by atoms with Crippen LogP contribution in [0.25, 0.3) is 21.8 Å². The van der Waals surface area contributed by atoms with Crippen LogP contribution in [0.3, 0.4) is 0 Å². The second-order valence-electron chi connectivity index (χ2n) is 14.0. The lowest BCUT2D eigenvalue weighted by molar-refractivity contribution is 0.0516. The van der Waals surface area contributed by atoms with Crippen LogP contribution < -0.4 is 4.74 Å². The Morgan fingerprint density at radius 3 is 1.70 bits per heavy atom. The summed E-state index contributed by atoms with van der Waals surface area (Å²) < 4.78 is 20.8. The van der Waals surface area contributed by atoms with Crippen LogP contribution in [0.1, 0.15) is 68.2 Å². The highest BCUT2D eigenvalue weighted by Gasteiger charge is 2.30. The number of hydrogen-bond acceptors (Lipinski definition) is 10. The molecule has 0 atom stereocenters. The Balaban J connectivity index is 0.000000225. The number of carbonyl (C=O) groups is 2. The zero-order valence-corrected chi connectivity index (χ0v) is 32.3. The van der Waals surface area contributed by atoms with E-state index in [1.54, 1.807) is 6.92 Å². The van der Waals surface area contributed by atoms with Crippen molar-refractivity contribution in [2.75, 3.05) is 69.3 Å². The number of benzene rings is 2. The van der Waals surface area contributed by atoms with Crippen molar-refractivity contribution in [3.63, 3.8) is 0 Å². The average molecular weight is 693 g/mol. The van der Waals surface area contributed by atoms with Crippen molar-refractivity contribution in [2.24, 2.45) is 14.1 Å². The predicted molar refractivity (Wildman–Crippen MR) is 198 cm³/mol. The summed E-state index contributed by atoms with van der Waals surface area (Å²) in [6.07, 6.45) is 0. The summed E-state index contributed by atoms with van der Waals surface area (Å²) in [4.78, 5) is 33.8. The molecule has 0 fully saturated rings. The summed E-state index contributed by atoms with van der Waals surface area (Å²) in [5.41, 5.74) is 8.82. The lowest BCUT2D eigenvalue weighted by atomic mass is 9.99. The van der Waals surface area contributed by atoms with E-state index in [1.165, 1.54) is 0 Å². The Hall–Kier alpha value is -4.10. The number of hydrogen-bond donors (Lipinski definition) is 1. The van der Waals surface area contributed by atoms with Crippen molar-refractivity contribution in [3.05, 3.63) is 56.9 Å². The first-order chi connectivity index (χ1) is 23.5. The highest BCUT2D eigenvalue weighted by Crippen LogP contribution is 2.40. The summed E-state index contributed by atoms with van der Waals surface area (Å²) in [6, 6.07) is 4.05. The molecule has 1 aliphatic heterocycles. The van der Waals surface area contributed by atoms with Crippen LogP contribution in [-0.2, 0) is 49.7 Å². The zero-order chi connectivity index (χ0) is 37.2. The van der Waals surface area contributed by atoms with Crippen LogP contribution in [0.4, 0.5) is 0 Å². The molecule has 0 bridgehead atoms. The molecule has 274 valence electrons. The first-order valence-electron chi connectivity index (χ1n) is 17.1. The topological polar surface area (TPSA) is 105 Å². The van der Waals surface area contributed by atoms with E-state index in [0.717, 1.165) is 67.7 Å². The fourth-order valence-electron chi connectivity index (χ4n) is 6.84. The van der Waals surface area contributed by atoms with Crippen LogP contribution in [0, 0.1) is 13.8 Å². The number of aryl methyl sites for hydroxylation is 4. The molecule has 0 radical (unpaired) electrons. The minimum absolute atomic E-state index is 0.244. The predicted octanol–water partition coefficient (Wildman–Crippen LogP) is 5.00. The molecule has 2 aromatic heterocycles. The number of aromatic hydroxyl groups is 1. The molecule has 1 N–H and O–H groups in total. The lowest BCUT2D eigenvalue weighted by Gasteiger charge is -2.27. The Bertz CT molecular complexity index is 1890. The molecular weight excluding hydrogens is 636 g/mol. The van der Waals surface area contributed by atoms with Crippen LogP contribution in [0.5, 0.6) is 11.5 Å². The lowest BCUT2D eigenvalue weighted by Crippen LogP contribution is -2.29. The monoisotopic (exact) mass is 692 g/mol. The van der Waals surface area contributed by atoms with Gasteiger partial charge in [-0.3, -0.25) is 4.90 Å². The fraction of sp³-hybridized carbons (Fsp3) is 0.526. The Morgan fingerprint density at radius 1 is 0.760 bits per heavy atom. The summed E-state index contributed by atoms with van der Waals surface area (Å²) in [5.74, 6) is 0.546. The number of ether oxygens (including phenoxy) is 3. The summed E-state index contributed by atoms with van der Waals surface area (Å²) in [5, 5.41) is 12.4. The molecule has 0 saturated carbocycles. The van der Waals surface area contributed by atoms with Gasteiger partial charge in [0.05, 0.1) is 24.3 Å². The molecule has 1 aliphatic rings.